The van der Waals surface area contributed by atoms with E-state index in [1.165, 1.54) is 11.6 Å². The highest BCUT2D eigenvalue weighted by Gasteiger charge is 2.72. The Morgan fingerprint density at radius 1 is 1.10 bits per heavy atom. The van der Waals surface area contributed by atoms with E-state index in [0.29, 0.717) is 49.1 Å². The van der Waals surface area contributed by atoms with Gasteiger partial charge in [0.15, 0.2) is 11.5 Å². The number of carbonyl (C=O) groups is 1. The van der Waals surface area contributed by atoms with Crippen LogP contribution in [0, 0.1) is 5.92 Å². The monoisotopic (exact) mass is 546 g/mol. The topological polar surface area (TPSA) is 97.5 Å². The van der Waals surface area contributed by atoms with E-state index in [1.807, 2.05) is 0 Å². The van der Waals surface area contributed by atoms with Crippen molar-refractivity contribution in [3.8, 4) is 17.2 Å². The van der Waals surface area contributed by atoms with Crippen LogP contribution in [0.1, 0.15) is 45.6 Å². The maximum absolute atomic E-state index is 13.0. The molecular formula is C30H42O9. The number of ether oxygens (including phenoxy) is 8. The molecule has 0 bridgehead atoms. The van der Waals surface area contributed by atoms with Gasteiger partial charge in [-0.25, -0.2) is 4.79 Å². The molecule has 2 saturated heterocycles. The number of benzene rings is 1. The maximum atomic E-state index is 13.0. The van der Waals surface area contributed by atoms with Crippen LogP contribution in [-0.2, 0) is 28.5 Å². The van der Waals surface area contributed by atoms with Gasteiger partial charge in [-0.3, -0.25) is 0 Å². The van der Waals surface area contributed by atoms with Crippen molar-refractivity contribution in [3.05, 3.63) is 35.4 Å². The van der Waals surface area contributed by atoms with Gasteiger partial charge in [0.25, 0.3) is 0 Å². The lowest BCUT2D eigenvalue weighted by Crippen LogP contribution is -2.55. The molecule has 0 aromatic heterocycles. The zero-order valence-electron chi connectivity index (χ0n) is 24.1. The van der Waals surface area contributed by atoms with Crippen LogP contribution in [0.5, 0.6) is 17.2 Å². The third-order valence-corrected chi connectivity index (χ3v) is 7.93. The molecule has 1 unspecified atom stereocenters. The fraction of sp³-hybridized carbons (Fsp3) is 0.633. The van der Waals surface area contributed by atoms with Gasteiger partial charge in [-0.15, -0.1) is 0 Å². The molecule has 2 aliphatic heterocycles. The fourth-order valence-corrected chi connectivity index (χ4v) is 5.79. The van der Waals surface area contributed by atoms with Crippen molar-refractivity contribution in [2.75, 3.05) is 48.3 Å². The Balaban J connectivity index is 1.45. The zero-order chi connectivity index (χ0) is 28.2. The van der Waals surface area contributed by atoms with Crippen LogP contribution in [-0.4, -0.2) is 83.7 Å². The average molecular weight is 547 g/mol. The number of esters is 1. The Morgan fingerprint density at radius 3 is 2.36 bits per heavy atom. The lowest BCUT2D eigenvalue weighted by Gasteiger charge is -2.42. The second kappa shape index (κ2) is 12.3. The van der Waals surface area contributed by atoms with Crippen LogP contribution < -0.4 is 14.2 Å². The van der Waals surface area contributed by atoms with Crippen molar-refractivity contribution in [1.29, 1.82) is 0 Å². The Bertz CT molecular complexity index is 1050. The van der Waals surface area contributed by atoms with Crippen molar-refractivity contribution >= 4 is 12.0 Å². The minimum atomic E-state index is -0.449. The van der Waals surface area contributed by atoms with E-state index < -0.39 is 12.1 Å². The van der Waals surface area contributed by atoms with E-state index in [4.69, 9.17) is 37.9 Å². The molecule has 2 heterocycles. The van der Waals surface area contributed by atoms with Crippen molar-refractivity contribution < 1.29 is 42.7 Å². The Labute approximate surface area is 231 Å². The molecule has 0 amide bonds. The minimum absolute atomic E-state index is 0.0275. The number of hydrogen-bond donors (Lipinski definition) is 0. The first kappa shape index (κ1) is 29.4. The predicted molar refractivity (Wildman–Crippen MR) is 145 cm³/mol. The van der Waals surface area contributed by atoms with Gasteiger partial charge >= 0.3 is 5.97 Å². The van der Waals surface area contributed by atoms with Gasteiger partial charge in [0, 0.05) is 20.3 Å². The molecule has 1 saturated carbocycles. The first-order valence-corrected chi connectivity index (χ1v) is 13.5. The first-order valence-electron chi connectivity index (χ1n) is 13.5. The SMILES string of the molecule is COCCOc1c(OC)cc(/C=C/C(=O)O[C@@H]2CC[C@]3(CO3)[C@@H](C3(C)O[C@H]3CC=C(C)C)[C@@H]2OC)cc1OC. The maximum Gasteiger partial charge on any atom is 0.331 e. The van der Waals surface area contributed by atoms with Gasteiger partial charge in [-0.2, -0.15) is 0 Å². The molecule has 0 N–H and O–H groups in total. The van der Waals surface area contributed by atoms with E-state index in [0.717, 1.165) is 12.8 Å². The smallest absolute Gasteiger partial charge is 0.331 e. The summed E-state index contributed by atoms with van der Waals surface area (Å²) in [6.07, 6.45) is 6.94. The van der Waals surface area contributed by atoms with Crippen LogP contribution in [0.3, 0.4) is 0 Å². The Hall–Kier alpha value is -2.59. The summed E-state index contributed by atoms with van der Waals surface area (Å²) in [5, 5.41) is 0. The van der Waals surface area contributed by atoms with Gasteiger partial charge in [-0.05, 0) is 63.8 Å². The molecule has 1 aliphatic carbocycles. The number of allylic oxidation sites excluding steroid dienone is 1. The highest BCUT2D eigenvalue weighted by atomic mass is 16.6. The van der Waals surface area contributed by atoms with E-state index in [2.05, 4.69) is 26.8 Å². The zero-order valence-corrected chi connectivity index (χ0v) is 24.1. The standard InChI is InChI=1S/C30H42O9/c1-19(2)8-10-24-29(3,39-24)28-27(35-7)21(12-13-30(28)18-37-30)38-25(31)11-9-20-16-22(33-5)26(23(17-20)34-6)36-15-14-32-4/h8-9,11,16-17,21,24,27-28H,10,12-15,18H2,1-7H3/b11-9+/t21-,24+,27-,28-,29?,30+/m1/s1. The fourth-order valence-electron chi connectivity index (χ4n) is 5.79. The van der Waals surface area contributed by atoms with E-state index in [-0.39, 0.29) is 29.3 Å². The number of rotatable bonds is 13. The van der Waals surface area contributed by atoms with E-state index in [1.54, 1.807) is 46.6 Å². The molecular weight excluding hydrogens is 504 g/mol. The third kappa shape index (κ3) is 6.43. The molecule has 1 aromatic carbocycles. The lowest BCUT2D eigenvalue weighted by atomic mass is 9.68. The van der Waals surface area contributed by atoms with Crippen LogP contribution in [0.25, 0.3) is 6.08 Å². The highest BCUT2D eigenvalue weighted by molar-refractivity contribution is 5.87. The van der Waals surface area contributed by atoms with E-state index in [9.17, 15) is 4.79 Å². The number of epoxide rings is 2. The molecule has 9 nitrogen and oxygen atoms in total. The van der Waals surface area contributed by atoms with Gasteiger partial charge in [0.2, 0.25) is 5.75 Å². The van der Waals surface area contributed by atoms with Crippen LogP contribution in [0.4, 0.5) is 0 Å². The van der Waals surface area contributed by atoms with Crippen molar-refractivity contribution in [2.45, 2.75) is 69.5 Å². The molecule has 4 rings (SSSR count). The summed E-state index contributed by atoms with van der Waals surface area (Å²) in [5.74, 6) is 0.976. The number of carbonyl (C=O) groups excluding carboxylic acids is 1. The summed E-state index contributed by atoms with van der Waals surface area (Å²) in [6.45, 7) is 7.76. The highest BCUT2D eigenvalue weighted by Crippen LogP contribution is 2.59. The quantitative estimate of drug-likeness (QED) is 0.118. The molecule has 216 valence electrons. The first-order chi connectivity index (χ1) is 18.7. The van der Waals surface area contributed by atoms with Crippen LogP contribution in [0.2, 0.25) is 0 Å². The lowest BCUT2D eigenvalue weighted by molar-refractivity contribution is -0.166. The summed E-state index contributed by atoms with van der Waals surface area (Å²) in [7, 11) is 6.37. The molecule has 1 aromatic rings. The van der Waals surface area contributed by atoms with Crippen molar-refractivity contribution in [1.82, 2.24) is 0 Å². The second-order valence-electron chi connectivity index (χ2n) is 10.8. The average Bonchev–Trinajstić information content (AvgIpc) is 3.84. The summed E-state index contributed by atoms with van der Waals surface area (Å²) in [4.78, 5) is 13.0. The van der Waals surface area contributed by atoms with E-state index >= 15 is 0 Å². The Kier molecular flexibility index (Phi) is 9.26. The van der Waals surface area contributed by atoms with Crippen molar-refractivity contribution in [2.24, 2.45) is 5.92 Å². The van der Waals surface area contributed by atoms with Gasteiger partial charge in [0.05, 0.1) is 39.5 Å². The van der Waals surface area contributed by atoms with Crippen LogP contribution >= 0.6 is 0 Å². The number of methoxy groups -OCH3 is 4. The second-order valence-corrected chi connectivity index (χ2v) is 10.8. The largest absolute Gasteiger partial charge is 0.493 e. The molecule has 1 spiro atoms. The van der Waals surface area contributed by atoms with Gasteiger partial charge in [-0.1, -0.05) is 11.6 Å². The summed E-state index contributed by atoms with van der Waals surface area (Å²) >= 11 is 0. The predicted octanol–water partition coefficient (Wildman–Crippen LogP) is 4.36. The van der Waals surface area contributed by atoms with Crippen LogP contribution in [0.15, 0.2) is 29.9 Å². The third-order valence-electron chi connectivity index (χ3n) is 7.93. The minimum Gasteiger partial charge on any atom is -0.493 e. The normalized spacial score (nSPS) is 31.2. The van der Waals surface area contributed by atoms with Gasteiger partial charge < -0.3 is 37.9 Å². The summed E-state index contributed by atoms with van der Waals surface area (Å²) in [6, 6.07) is 3.55. The van der Waals surface area contributed by atoms with Crippen molar-refractivity contribution in [3.63, 3.8) is 0 Å². The molecule has 39 heavy (non-hydrogen) atoms. The summed E-state index contributed by atoms with van der Waals surface area (Å²) < 4.78 is 46.0. The molecule has 6 atom stereocenters. The summed E-state index contributed by atoms with van der Waals surface area (Å²) in [5.41, 5.74) is 1.31. The molecule has 3 aliphatic rings. The molecule has 3 fully saturated rings. The Morgan fingerprint density at radius 2 is 1.79 bits per heavy atom. The number of hydrogen-bond acceptors (Lipinski definition) is 9. The van der Waals surface area contributed by atoms with Gasteiger partial charge in [0.1, 0.15) is 30.0 Å². The molecule has 9 heteroatoms. The molecule has 0 radical (unpaired) electrons.